The van der Waals surface area contributed by atoms with Gasteiger partial charge in [0.05, 0.1) is 0 Å². The lowest BCUT2D eigenvalue weighted by molar-refractivity contribution is -0.229. The summed E-state index contributed by atoms with van der Waals surface area (Å²) in [7, 11) is 0. The van der Waals surface area contributed by atoms with Crippen molar-refractivity contribution in [2.75, 3.05) is 6.54 Å². The average molecular weight is 289 g/mol. The monoisotopic (exact) mass is 289 g/mol. The fraction of sp³-hybridized carbons (Fsp3) is 0.500. The van der Waals surface area contributed by atoms with Crippen LogP contribution in [0, 0.1) is 0 Å². The number of carbonyl (C=O) groups excluding carboxylic acids is 2. The van der Waals surface area contributed by atoms with Crippen LogP contribution >= 0.6 is 0 Å². The summed E-state index contributed by atoms with van der Waals surface area (Å²) >= 11 is 0. The molecule has 0 saturated carbocycles. The van der Waals surface area contributed by atoms with Crippen LogP contribution in [-0.2, 0) is 20.9 Å². The Morgan fingerprint density at radius 1 is 1.33 bits per heavy atom. The van der Waals surface area contributed by atoms with Crippen molar-refractivity contribution in [3.63, 3.8) is 0 Å². The van der Waals surface area contributed by atoms with Crippen LogP contribution in [-0.4, -0.2) is 34.6 Å². The molecule has 0 aromatic heterocycles. The number of esters is 1. The van der Waals surface area contributed by atoms with Gasteiger partial charge in [0.25, 0.3) is 0 Å². The maximum absolute atomic E-state index is 12.4. The molecule has 2 fully saturated rings. The number of hydrogen-bond donors (Lipinski definition) is 0. The SMILES string of the molecule is CC1(C)OC(=O)[C@@]12CCCN2C(=O)OCc1ccccc1. The molecule has 0 radical (unpaired) electrons. The first kappa shape index (κ1) is 13.9. The zero-order chi connectivity index (χ0) is 15.1. The Bertz CT molecular complexity index is 569. The lowest BCUT2D eigenvalue weighted by Crippen LogP contribution is -2.75. The van der Waals surface area contributed by atoms with Crippen LogP contribution in [0.1, 0.15) is 32.3 Å². The maximum Gasteiger partial charge on any atom is 0.411 e. The van der Waals surface area contributed by atoms with Gasteiger partial charge in [-0.2, -0.15) is 0 Å². The van der Waals surface area contributed by atoms with E-state index >= 15 is 0 Å². The van der Waals surface area contributed by atoms with Crippen LogP contribution in [0.3, 0.4) is 0 Å². The molecule has 1 aromatic carbocycles. The third-order valence-corrected chi connectivity index (χ3v) is 4.49. The van der Waals surface area contributed by atoms with Gasteiger partial charge in [-0.25, -0.2) is 9.59 Å². The summed E-state index contributed by atoms with van der Waals surface area (Å²) in [5.74, 6) is -0.318. The highest BCUT2D eigenvalue weighted by Gasteiger charge is 2.70. The number of nitrogens with zero attached hydrogens (tertiary/aromatic N) is 1. The Kier molecular flexibility index (Phi) is 3.15. The maximum atomic E-state index is 12.4. The van der Waals surface area contributed by atoms with E-state index in [9.17, 15) is 9.59 Å². The summed E-state index contributed by atoms with van der Waals surface area (Å²) in [5, 5.41) is 0. The number of rotatable bonds is 2. The van der Waals surface area contributed by atoms with Gasteiger partial charge in [-0.3, -0.25) is 4.90 Å². The predicted molar refractivity (Wildman–Crippen MR) is 75.5 cm³/mol. The summed E-state index contributed by atoms with van der Waals surface area (Å²) in [6.07, 6.45) is 0.985. The molecule has 0 N–H and O–H groups in total. The molecule has 1 aromatic rings. The molecule has 1 spiro atoms. The molecular formula is C16H19NO4. The van der Waals surface area contributed by atoms with Crippen molar-refractivity contribution in [1.29, 1.82) is 0 Å². The van der Waals surface area contributed by atoms with Crippen LogP contribution < -0.4 is 0 Å². The Hall–Kier alpha value is -2.04. The zero-order valence-corrected chi connectivity index (χ0v) is 12.3. The molecule has 3 rings (SSSR count). The quantitative estimate of drug-likeness (QED) is 0.785. The molecule has 5 nitrogen and oxygen atoms in total. The van der Waals surface area contributed by atoms with E-state index in [4.69, 9.17) is 9.47 Å². The lowest BCUT2D eigenvalue weighted by Gasteiger charge is -2.54. The van der Waals surface area contributed by atoms with Gasteiger partial charge in [0.15, 0.2) is 5.54 Å². The second-order valence-corrected chi connectivity index (χ2v) is 6.06. The molecule has 0 aliphatic carbocycles. The first-order valence-electron chi connectivity index (χ1n) is 7.19. The third-order valence-electron chi connectivity index (χ3n) is 4.49. The Labute approximate surface area is 123 Å². The van der Waals surface area contributed by atoms with Gasteiger partial charge in [-0.1, -0.05) is 30.3 Å². The fourth-order valence-electron chi connectivity index (χ4n) is 3.30. The molecule has 21 heavy (non-hydrogen) atoms. The smallest absolute Gasteiger partial charge is 0.411 e. The summed E-state index contributed by atoms with van der Waals surface area (Å²) in [6.45, 7) is 4.43. The molecule has 112 valence electrons. The van der Waals surface area contributed by atoms with Crippen molar-refractivity contribution in [2.24, 2.45) is 0 Å². The Morgan fingerprint density at radius 3 is 2.67 bits per heavy atom. The van der Waals surface area contributed by atoms with Crippen molar-refractivity contribution in [3.8, 4) is 0 Å². The van der Waals surface area contributed by atoms with Crippen LogP contribution in [0.5, 0.6) is 0 Å². The molecule has 2 aliphatic rings. The molecule has 2 aliphatic heterocycles. The van der Waals surface area contributed by atoms with Crippen molar-refractivity contribution in [3.05, 3.63) is 35.9 Å². The minimum atomic E-state index is -0.846. The van der Waals surface area contributed by atoms with Gasteiger partial charge in [-0.05, 0) is 32.3 Å². The predicted octanol–water partition coefficient (Wildman–Crippen LogP) is 2.49. The van der Waals surface area contributed by atoms with E-state index in [2.05, 4.69) is 0 Å². The number of ether oxygens (including phenoxy) is 2. The highest BCUT2D eigenvalue weighted by molar-refractivity contribution is 5.93. The van der Waals surface area contributed by atoms with E-state index in [1.807, 2.05) is 44.2 Å². The number of likely N-dealkylation sites (tertiary alicyclic amines) is 1. The number of hydrogen-bond acceptors (Lipinski definition) is 4. The van der Waals surface area contributed by atoms with Crippen molar-refractivity contribution < 1.29 is 19.1 Å². The van der Waals surface area contributed by atoms with E-state index in [0.717, 1.165) is 12.0 Å². The second-order valence-electron chi connectivity index (χ2n) is 6.06. The molecule has 0 bridgehead atoms. The molecule has 0 unspecified atom stereocenters. The van der Waals surface area contributed by atoms with E-state index in [1.165, 1.54) is 0 Å². The largest absolute Gasteiger partial charge is 0.455 e. The molecule has 5 heteroatoms. The summed E-state index contributed by atoms with van der Waals surface area (Å²) < 4.78 is 10.6. The van der Waals surface area contributed by atoms with Crippen LogP contribution in [0.4, 0.5) is 4.79 Å². The normalized spacial score (nSPS) is 26.4. The highest BCUT2D eigenvalue weighted by Crippen LogP contribution is 2.49. The average Bonchev–Trinajstić information content (AvgIpc) is 2.94. The second kappa shape index (κ2) is 4.76. The summed E-state index contributed by atoms with van der Waals surface area (Å²) in [5.41, 5.74) is -0.567. The van der Waals surface area contributed by atoms with Gasteiger partial charge < -0.3 is 9.47 Å². The van der Waals surface area contributed by atoms with Gasteiger partial charge in [0.2, 0.25) is 0 Å². The number of amides is 1. The van der Waals surface area contributed by atoms with Crippen LogP contribution in [0.15, 0.2) is 30.3 Å². The van der Waals surface area contributed by atoms with Crippen molar-refractivity contribution >= 4 is 12.1 Å². The summed E-state index contributed by atoms with van der Waals surface area (Å²) in [4.78, 5) is 25.9. The minimum Gasteiger partial charge on any atom is -0.455 e. The number of cyclic esters (lactones) is 1. The van der Waals surface area contributed by atoms with Gasteiger partial charge in [-0.15, -0.1) is 0 Å². The molecular weight excluding hydrogens is 270 g/mol. The first-order valence-corrected chi connectivity index (χ1v) is 7.19. The Balaban J connectivity index is 1.71. The molecule has 1 amide bonds. The Morgan fingerprint density at radius 2 is 2.05 bits per heavy atom. The fourth-order valence-corrected chi connectivity index (χ4v) is 3.30. The lowest BCUT2D eigenvalue weighted by atomic mass is 9.75. The van der Waals surface area contributed by atoms with Crippen molar-refractivity contribution in [1.82, 2.24) is 4.90 Å². The van der Waals surface area contributed by atoms with Crippen LogP contribution in [0.25, 0.3) is 0 Å². The number of carbonyl (C=O) groups is 2. The van der Waals surface area contributed by atoms with Gasteiger partial charge >= 0.3 is 12.1 Å². The first-order chi connectivity index (χ1) is 9.97. The zero-order valence-electron chi connectivity index (χ0n) is 12.3. The standard InChI is InChI=1S/C16H19NO4/c1-15(2)16(13(18)21-15)9-6-10-17(16)14(19)20-11-12-7-4-3-5-8-12/h3-5,7-8H,6,9-11H2,1-2H3/t16-/m0/s1. The van der Waals surface area contributed by atoms with Crippen LogP contribution in [0.2, 0.25) is 0 Å². The third kappa shape index (κ3) is 1.99. The van der Waals surface area contributed by atoms with Gasteiger partial charge in [0, 0.05) is 6.54 Å². The van der Waals surface area contributed by atoms with E-state index in [0.29, 0.717) is 13.0 Å². The van der Waals surface area contributed by atoms with Crippen molar-refractivity contribution in [2.45, 2.75) is 44.4 Å². The molecule has 1 atom stereocenters. The molecule has 2 saturated heterocycles. The number of benzene rings is 1. The van der Waals surface area contributed by atoms with Gasteiger partial charge in [0.1, 0.15) is 12.2 Å². The topological polar surface area (TPSA) is 55.8 Å². The van der Waals surface area contributed by atoms with E-state index < -0.39 is 17.2 Å². The highest BCUT2D eigenvalue weighted by atomic mass is 16.6. The molecule has 2 heterocycles. The van der Waals surface area contributed by atoms with E-state index in [1.54, 1.807) is 4.90 Å². The van der Waals surface area contributed by atoms with E-state index in [-0.39, 0.29) is 12.6 Å². The minimum absolute atomic E-state index is 0.210. The summed E-state index contributed by atoms with van der Waals surface area (Å²) in [6, 6.07) is 9.50.